The van der Waals surface area contributed by atoms with Gasteiger partial charge in [0.05, 0.1) is 12.7 Å². The molecule has 0 saturated carbocycles. The maximum absolute atomic E-state index is 9.63. The van der Waals surface area contributed by atoms with Crippen LogP contribution >= 0.6 is 11.6 Å². The van der Waals surface area contributed by atoms with Crippen LogP contribution in [0.25, 0.3) is 0 Å². The molecule has 1 aliphatic heterocycles. The molecule has 1 aliphatic rings. The van der Waals surface area contributed by atoms with Crippen LogP contribution < -0.4 is 5.32 Å². The zero-order valence-corrected chi connectivity index (χ0v) is 14.1. The Balaban J connectivity index is 1.64. The van der Waals surface area contributed by atoms with E-state index in [-0.39, 0.29) is 6.10 Å². The maximum Gasteiger partial charge on any atom is 0.0785 e. The van der Waals surface area contributed by atoms with Gasteiger partial charge in [0, 0.05) is 24.7 Å². The number of aliphatic hydroxyl groups excluding tert-OH is 1. The summed E-state index contributed by atoms with van der Waals surface area (Å²) in [6.45, 7) is 4.36. The Kier molecular flexibility index (Phi) is 7.63. The van der Waals surface area contributed by atoms with Gasteiger partial charge in [0.25, 0.3) is 0 Å². The van der Waals surface area contributed by atoms with E-state index in [9.17, 15) is 5.11 Å². The lowest BCUT2D eigenvalue weighted by molar-refractivity contribution is 0.0583. The van der Waals surface area contributed by atoms with E-state index in [1.807, 2.05) is 18.2 Å². The van der Waals surface area contributed by atoms with Crippen LogP contribution in [-0.2, 0) is 11.3 Å². The maximum atomic E-state index is 9.63. The fourth-order valence-electron chi connectivity index (χ4n) is 2.89. The molecule has 2 N–H and O–H groups in total. The normalized spacial score (nSPS) is 18.5. The summed E-state index contributed by atoms with van der Waals surface area (Å²) in [4.78, 5) is 2.46. The Morgan fingerprint density at radius 1 is 1.36 bits per heavy atom. The molecule has 1 fully saturated rings. The molecule has 1 aromatic carbocycles. The number of ether oxygens (including phenoxy) is 1. The molecule has 124 valence electrons. The van der Waals surface area contributed by atoms with Crippen molar-refractivity contribution < 1.29 is 9.84 Å². The number of hydrogen-bond donors (Lipinski definition) is 2. The first kappa shape index (κ1) is 17.7. The number of likely N-dealkylation sites (tertiary alicyclic amines) is 1. The Hall–Kier alpha value is -0.650. The van der Waals surface area contributed by atoms with Crippen molar-refractivity contribution in [3.63, 3.8) is 0 Å². The van der Waals surface area contributed by atoms with Gasteiger partial charge >= 0.3 is 0 Å². The van der Waals surface area contributed by atoms with Crippen molar-refractivity contribution in [2.45, 2.75) is 38.0 Å². The van der Waals surface area contributed by atoms with Crippen LogP contribution in [0.3, 0.4) is 0 Å². The third-order valence-corrected chi connectivity index (χ3v) is 4.58. The minimum atomic E-state index is -0.363. The molecule has 0 aromatic heterocycles. The van der Waals surface area contributed by atoms with E-state index >= 15 is 0 Å². The second-order valence-corrected chi connectivity index (χ2v) is 6.40. The summed E-state index contributed by atoms with van der Waals surface area (Å²) in [6, 6.07) is 8.62. The van der Waals surface area contributed by atoms with Crippen LogP contribution in [0.1, 0.15) is 24.8 Å². The molecule has 1 aromatic rings. The van der Waals surface area contributed by atoms with Gasteiger partial charge in [-0.1, -0.05) is 29.8 Å². The summed E-state index contributed by atoms with van der Waals surface area (Å²) >= 11 is 6.22. The van der Waals surface area contributed by atoms with Crippen molar-refractivity contribution in [2.75, 3.05) is 33.4 Å². The Morgan fingerprint density at radius 3 is 2.77 bits per heavy atom. The van der Waals surface area contributed by atoms with E-state index in [0.29, 0.717) is 12.6 Å². The molecule has 0 spiro atoms. The molecule has 1 saturated heterocycles. The summed E-state index contributed by atoms with van der Waals surface area (Å²) in [5.41, 5.74) is 1.21. The molecule has 4 nitrogen and oxygen atoms in total. The van der Waals surface area contributed by atoms with Gasteiger partial charge in [0.2, 0.25) is 0 Å². The van der Waals surface area contributed by atoms with Crippen molar-refractivity contribution in [3.8, 4) is 0 Å². The lowest BCUT2D eigenvalue weighted by atomic mass is 10.0. The third-order valence-electron chi connectivity index (χ3n) is 4.21. The average molecular weight is 327 g/mol. The summed E-state index contributed by atoms with van der Waals surface area (Å²) in [7, 11) is 1.62. The molecule has 22 heavy (non-hydrogen) atoms. The van der Waals surface area contributed by atoms with Crippen molar-refractivity contribution in [1.29, 1.82) is 0 Å². The second-order valence-electron chi connectivity index (χ2n) is 5.99. The second kappa shape index (κ2) is 9.48. The molecule has 0 radical (unpaired) electrons. The lowest BCUT2D eigenvalue weighted by Crippen LogP contribution is -2.43. The van der Waals surface area contributed by atoms with Gasteiger partial charge in [0.1, 0.15) is 0 Å². The number of methoxy groups -OCH3 is 1. The fourth-order valence-corrected chi connectivity index (χ4v) is 3.09. The number of hydrogen-bond acceptors (Lipinski definition) is 4. The SMILES string of the molecule is COCC(O)CCNC1CCN(Cc2ccccc2Cl)CC1. The van der Waals surface area contributed by atoms with E-state index < -0.39 is 0 Å². The van der Waals surface area contributed by atoms with Crippen LogP contribution in [0.4, 0.5) is 0 Å². The molecular formula is C17H27ClN2O2. The van der Waals surface area contributed by atoms with Gasteiger partial charge < -0.3 is 15.2 Å². The number of aliphatic hydroxyl groups is 1. The van der Waals surface area contributed by atoms with Gasteiger partial charge in [-0.25, -0.2) is 0 Å². The molecule has 0 amide bonds. The standard InChI is InChI=1S/C17H27ClN2O2/c1-22-13-16(21)6-9-19-15-7-10-20(11-8-15)12-14-4-2-3-5-17(14)18/h2-5,15-16,19,21H,6-13H2,1H3. The van der Waals surface area contributed by atoms with E-state index in [0.717, 1.165) is 50.5 Å². The number of benzene rings is 1. The predicted molar refractivity (Wildman–Crippen MR) is 90.3 cm³/mol. The summed E-state index contributed by atoms with van der Waals surface area (Å²) in [5.74, 6) is 0. The van der Waals surface area contributed by atoms with Crippen molar-refractivity contribution in [2.24, 2.45) is 0 Å². The van der Waals surface area contributed by atoms with Crippen LogP contribution in [0.5, 0.6) is 0 Å². The van der Waals surface area contributed by atoms with Crippen molar-refractivity contribution in [1.82, 2.24) is 10.2 Å². The first-order chi connectivity index (χ1) is 10.7. The first-order valence-electron chi connectivity index (χ1n) is 8.05. The molecule has 1 unspecified atom stereocenters. The molecule has 0 bridgehead atoms. The highest BCUT2D eigenvalue weighted by molar-refractivity contribution is 6.31. The van der Waals surface area contributed by atoms with Crippen molar-refractivity contribution >= 4 is 11.6 Å². The highest BCUT2D eigenvalue weighted by Crippen LogP contribution is 2.19. The van der Waals surface area contributed by atoms with E-state index in [2.05, 4.69) is 16.3 Å². The molecule has 0 aliphatic carbocycles. The Bertz CT molecular complexity index is 436. The minimum Gasteiger partial charge on any atom is -0.391 e. The molecule has 1 heterocycles. The topological polar surface area (TPSA) is 44.7 Å². The Morgan fingerprint density at radius 2 is 2.09 bits per heavy atom. The van der Waals surface area contributed by atoms with E-state index in [1.54, 1.807) is 7.11 Å². The smallest absolute Gasteiger partial charge is 0.0785 e. The van der Waals surface area contributed by atoms with Crippen molar-refractivity contribution in [3.05, 3.63) is 34.9 Å². The van der Waals surface area contributed by atoms with Crippen LogP contribution in [0.15, 0.2) is 24.3 Å². The predicted octanol–water partition coefficient (Wildman–Crippen LogP) is 2.29. The molecular weight excluding hydrogens is 300 g/mol. The number of nitrogens with zero attached hydrogens (tertiary/aromatic N) is 1. The average Bonchev–Trinajstić information content (AvgIpc) is 2.51. The minimum absolute atomic E-state index is 0.363. The molecule has 2 rings (SSSR count). The molecule has 5 heteroatoms. The van der Waals surface area contributed by atoms with E-state index in [1.165, 1.54) is 5.56 Å². The fraction of sp³-hybridized carbons (Fsp3) is 0.647. The van der Waals surface area contributed by atoms with Crippen LogP contribution in [0.2, 0.25) is 5.02 Å². The molecule has 1 atom stereocenters. The van der Waals surface area contributed by atoms with Crippen LogP contribution in [-0.4, -0.2) is 55.5 Å². The largest absolute Gasteiger partial charge is 0.391 e. The number of rotatable bonds is 8. The van der Waals surface area contributed by atoms with Gasteiger partial charge in [-0.05, 0) is 50.5 Å². The highest BCUT2D eigenvalue weighted by atomic mass is 35.5. The van der Waals surface area contributed by atoms with Gasteiger partial charge in [-0.15, -0.1) is 0 Å². The number of halogens is 1. The van der Waals surface area contributed by atoms with Crippen LogP contribution in [0, 0.1) is 0 Å². The van der Waals surface area contributed by atoms with Gasteiger partial charge in [-0.3, -0.25) is 4.90 Å². The highest BCUT2D eigenvalue weighted by Gasteiger charge is 2.19. The van der Waals surface area contributed by atoms with Gasteiger partial charge in [-0.2, -0.15) is 0 Å². The Labute approximate surface area is 138 Å². The summed E-state index contributed by atoms with van der Waals surface area (Å²) in [6.07, 6.45) is 2.67. The lowest BCUT2D eigenvalue weighted by Gasteiger charge is -2.32. The summed E-state index contributed by atoms with van der Waals surface area (Å²) < 4.78 is 4.93. The monoisotopic (exact) mass is 326 g/mol. The third kappa shape index (κ3) is 5.86. The quantitative estimate of drug-likeness (QED) is 0.769. The zero-order chi connectivity index (χ0) is 15.8. The summed E-state index contributed by atoms with van der Waals surface area (Å²) in [5, 5.41) is 14.0. The number of piperidine rings is 1. The first-order valence-corrected chi connectivity index (χ1v) is 8.43. The van der Waals surface area contributed by atoms with E-state index in [4.69, 9.17) is 16.3 Å². The zero-order valence-electron chi connectivity index (χ0n) is 13.3. The van der Waals surface area contributed by atoms with Gasteiger partial charge in [0.15, 0.2) is 0 Å². The number of nitrogens with one attached hydrogen (secondary N) is 1.